The molecular weight excluding hydrogens is 425 g/mol. The standard InChI is InChI=1S/C22H37F3N4O3/c1-4-17-9-10-18(28-20(17)26-3)8-6-7-12-29(14-15-32-16-22(23,24)25)13-11-19(21(30)31)27-5-2/h9-10,19,27H,4-8,11-16H2,1-3H3,(H,26,28)(H,30,31). The van der Waals surface area contributed by atoms with E-state index in [0.717, 1.165) is 42.8 Å². The Morgan fingerprint density at radius 2 is 1.97 bits per heavy atom. The number of nitrogens with zero attached hydrogens (tertiary/aromatic N) is 2. The Kier molecular flexibility index (Phi) is 13.2. The van der Waals surface area contributed by atoms with E-state index >= 15 is 0 Å². The van der Waals surface area contributed by atoms with Crippen molar-refractivity contribution >= 4 is 11.8 Å². The molecule has 1 aromatic rings. The summed E-state index contributed by atoms with van der Waals surface area (Å²) in [5.74, 6) is -0.0429. The fraction of sp³-hybridized carbons (Fsp3) is 0.727. The second-order valence-corrected chi connectivity index (χ2v) is 7.62. The first-order valence-electron chi connectivity index (χ1n) is 11.2. The van der Waals surface area contributed by atoms with Crippen LogP contribution in [-0.4, -0.2) is 79.6 Å². The van der Waals surface area contributed by atoms with Crippen molar-refractivity contribution in [2.24, 2.45) is 0 Å². The SMILES string of the molecule is CCNC(CCN(CCCCc1ccc(CC)c(NC)n1)CCOCC(F)(F)F)C(=O)O. The summed E-state index contributed by atoms with van der Waals surface area (Å²) >= 11 is 0. The van der Waals surface area contributed by atoms with E-state index in [0.29, 0.717) is 32.6 Å². The van der Waals surface area contributed by atoms with Gasteiger partial charge in [-0.1, -0.05) is 19.9 Å². The summed E-state index contributed by atoms with van der Waals surface area (Å²) < 4.78 is 41.6. The molecule has 1 rings (SSSR count). The molecule has 0 aliphatic carbocycles. The summed E-state index contributed by atoms with van der Waals surface area (Å²) in [5, 5.41) is 15.3. The highest BCUT2D eigenvalue weighted by Crippen LogP contribution is 2.16. The van der Waals surface area contributed by atoms with Crippen LogP contribution in [0.2, 0.25) is 0 Å². The predicted molar refractivity (Wildman–Crippen MR) is 119 cm³/mol. The zero-order valence-corrected chi connectivity index (χ0v) is 19.3. The number of aliphatic carboxylic acids is 1. The number of aryl methyl sites for hydroxylation is 2. The summed E-state index contributed by atoms with van der Waals surface area (Å²) in [5.41, 5.74) is 2.15. The molecule has 0 radical (unpaired) electrons. The molecule has 0 saturated carbocycles. The molecule has 0 aliphatic heterocycles. The monoisotopic (exact) mass is 462 g/mol. The zero-order chi connectivity index (χ0) is 24.0. The number of ether oxygens (including phenoxy) is 1. The van der Waals surface area contributed by atoms with Gasteiger partial charge < -0.3 is 25.4 Å². The summed E-state index contributed by atoms with van der Waals surface area (Å²) in [6.07, 6.45) is -0.586. The highest BCUT2D eigenvalue weighted by Gasteiger charge is 2.27. The van der Waals surface area contributed by atoms with Crippen molar-refractivity contribution in [1.29, 1.82) is 0 Å². The number of rotatable bonds is 17. The minimum atomic E-state index is -4.35. The van der Waals surface area contributed by atoms with Crippen LogP contribution in [0.4, 0.5) is 19.0 Å². The van der Waals surface area contributed by atoms with E-state index in [9.17, 15) is 23.1 Å². The van der Waals surface area contributed by atoms with E-state index in [4.69, 9.17) is 4.74 Å². The van der Waals surface area contributed by atoms with Crippen molar-refractivity contribution < 1.29 is 27.8 Å². The topological polar surface area (TPSA) is 86.7 Å². The summed E-state index contributed by atoms with van der Waals surface area (Å²) in [7, 11) is 1.85. The highest BCUT2D eigenvalue weighted by molar-refractivity contribution is 5.73. The molecule has 0 fully saturated rings. The Balaban J connectivity index is 2.55. The predicted octanol–water partition coefficient (Wildman–Crippen LogP) is 3.34. The first-order valence-corrected chi connectivity index (χ1v) is 11.2. The van der Waals surface area contributed by atoms with Gasteiger partial charge in [0.05, 0.1) is 6.61 Å². The van der Waals surface area contributed by atoms with E-state index in [1.54, 1.807) is 0 Å². The lowest BCUT2D eigenvalue weighted by Crippen LogP contribution is -2.40. The minimum Gasteiger partial charge on any atom is -0.480 e. The smallest absolute Gasteiger partial charge is 0.411 e. The van der Waals surface area contributed by atoms with E-state index < -0.39 is 24.8 Å². The van der Waals surface area contributed by atoms with Crippen molar-refractivity contribution in [1.82, 2.24) is 15.2 Å². The third-order valence-electron chi connectivity index (χ3n) is 5.11. The van der Waals surface area contributed by atoms with Crippen LogP contribution in [-0.2, 0) is 22.4 Å². The molecule has 3 N–H and O–H groups in total. The van der Waals surface area contributed by atoms with Gasteiger partial charge in [0.15, 0.2) is 0 Å². The van der Waals surface area contributed by atoms with Gasteiger partial charge in [-0.15, -0.1) is 0 Å². The molecule has 0 saturated heterocycles. The van der Waals surface area contributed by atoms with Crippen LogP contribution < -0.4 is 10.6 Å². The molecule has 0 aliphatic rings. The molecular formula is C22H37F3N4O3. The lowest BCUT2D eigenvalue weighted by Gasteiger charge is -2.24. The molecule has 0 spiro atoms. The number of hydrogen-bond acceptors (Lipinski definition) is 6. The normalized spacial score (nSPS) is 12.8. The number of carboxylic acids is 1. The van der Waals surface area contributed by atoms with Crippen LogP contribution in [0.5, 0.6) is 0 Å². The molecule has 184 valence electrons. The first-order chi connectivity index (χ1) is 15.2. The van der Waals surface area contributed by atoms with Crippen LogP contribution in [0, 0.1) is 0 Å². The first kappa shape index (κ1) is 28.1. The molecule has 1 heterocycles. The number of hydrogen-bond donors (Lipinski definition) is 3. The number of nitrogens with one attached hydrogen (secondary N) is 2. The Morgan fingerprint density at radius 3 is 2.56 bits per heavy atom. The van der Waals surface area contributed by atoms with Gasteiger partial charge in [-0.2, -0.15) is 13.2 Å². The maximum absolute atomic E-state index is 12.3. The lowest BCUT2D eigenvalue weighted by atomic mass is 10.1. The zero-order valence-electron chi connectivity index (χ0n) is 19.3. The highest BCUT2D eigenvalue weighted by atomic mass is 19.4. The second-order valence-electron chi connectivity index (χ2n) is 7.62. The van der Waals surface area contributed by atoms with Crippen LogP contribution in [0.15, 0.2) is 12.1 Å². The Morgan fingerprint density at radius 1 is 1.22 bits per heavy atom. The molecule has 0 aromatic carbocycles. The van der Waals surface area contributed by atoms with Crippen molar-refractivity contribution in [2.45, 2.75) is 58.2 Å². The van der Waals surface area contributed by atoms with Gasteiger partial charge >= 0.3 is 12.1 Å². The number of anilines is 1. The fourth-order valence-electron chi connectivity index (χ4n) is 3.40. The lowest BCUT2D eigenvalue weighted by molar-refractivity contribution is -0.174. The molecule has 32 heavy (non-hydrogen) atoms. The summed E-state index contributed by atoms with van der Waals surface area (Å²) in [6, 6.07) is 3.42. The number of carbonyl (C=O) groups is 1. The van der Waals surface area contributed by atoms with E-state index in [1.807, 2.05) is 24.9 Å². The van der Waals surface area contributed by atoms with E-state index in [2.05, 4.69) is 28.6 Å². The number of halogens is 3. The van der Waals surface area contributed by atoms with E-state index in [-0.39, 0.29) is 6.61 Å². The van der Waals surface area contributed by atoms with E-state index in [1.165, 1.54) is 0 Å². The second kappa shape index (κ2) is 15.0. The van der Waals surface area contributed by atoms with Gasteiger partial charge in [-0.05, 0) is 56.8 Å². The van der Waals surface area contributed by atoms with Crippen LogP contribution in [0.3, 0.4) is 0 Å². The Hall–Kier alpha value is -1.91. The summed E-state index contributed by atoms with van der Waals surface area (Å²) in [6.45, 7) is 4.56. The van der Waals surface area contributed by atoms with Gasteiger partial charge in [-0.3, -0.25) is 4.79 Å². The Labute approximate surface area is 188 Å². The van der Waals surface area contributed by atoms with Crippen LogP contribution in [0.1, 0.15) is 44.4 Å². The molecule has 1 unspecified atom stereocenters. The van der Waals surface area contributed by atoms with Crippen molar-refractivity contribution in [3.05, 3.63) is 23.4 Å². The van der Waals surface area contributed by atoms with Gasteiger partial charge in [-0.25, -0.2) is 4.98 Å². The Bertz CT molecular complexity index is 674. The van der Waals surface area contributed by atoms with Gasteiger partial charge in [0, 0.05) is 25.8 Å². The van der Waals surface area contributed by atoms with Crippen molar-refractivity contribution in [2.75, 3.05) is 51.8 Å². The molecule has 1 aromatic heterocycles. The third kappa shape index (κ3) is 11.6. The number of alkyl halides is 3. The largest absolute Gasteiger partial charge is 0.480 e. The number of pyridine rings is 1. The van der Waals surface area contributed by atoms with Crippen LogP contribution >= 0.6 is 0 Å². The average molecular weight is 463 g/mol. The molecule has 0 amide bonds. The maximum Gasteiger partial charge on any atom is 0.411 e. The van der Waals surface area contributed by atoms with Gasteiger partial charge in [0.1, 0.15) is 18.5 Å². The molecule has 1 atom stereocenters. The summed E-state index contributed by atoms with van der Waals surface area (Å²) in [4.78, 5) is 18.0. The number of carboxylic acid groups (broad SMARTS) is 1. The minimum absolute atomic E-state index is 0.0516. The van der Waals surface area contributed by atoms with Crippen molar-refractivity contribution in [3.63, 3.8) is 0 Å². The quantitative estimate of drug-likeness (QED) is 0.306. The van der Waals surface area contributed by atoms with Crippen LogP contribution in [0.25, 0.3) is 0 Å². The van der Waals surface area contributed by atoms with Crippen molar-refractivity contribution in [3.8, 4) is 0 Å². The maximum atomic E-state index is 12.3. The molecule has 10 heteroatoms. The number of likely N-dealkylation sites (N-methyl/N-ethyl adjacent to an activating group) is 1. The molecule has 7 nitrogen and oxygen atoms in total. The molecule has 0 bridgehead atoms. The average Bonchev–Trinajstić information content (AvgIpc) is 2.75. The van der Waals surface area contributed by atoms with Gasteiger partial charge in [0.2, 0.25) is 0 Å². The third-order valence-corrected chi connectivity index (χ3v) is 5.11. The number of unbranched alkanes of at least 4 members (excludes halogenated alkanes) is 1. The fourth-order valence-corrected chi connectivity index (χ4v) is 3.40. The number of aromatic nitrogens is 1. The van der Waals surface area contributed by atoms with Gasteiger partial charge in [0.25, 0.3) is 0 Å².